The molecule has 0 bridgehead atoms. The van der Waals surface area contributed by atoms with E-state index >= 15 is 0 Å². The Morgan fingerprint density at radius 2 is 2.00 bits per heavy atom. The standard InChI is InChI=1S/C19H20N2O5S/c1-11-3-4-13-14(9-11)27-17(16(13)19(24)25-2)21-15(22)10-26-18(23)12-5-7-20-8-6-12/h5-8,11H,3-4,9-10H2,1-2H3,(H,21,22). The Hall–Kier alpha value is -2.74. The average Bonchev–Trinajstić information content (AvgIpc) is 3.02. The van der Waals surface area contributed by atoms with Gasteiger partial charge in [0.1, 0.15) is 5.00 Å². The minimum atomic E-state index is -0.611. The van der Waals surface area contributed by atoms with Crippen LogP contribution in [0.2, 0.25) is 0 Å². The molecule has 0 saturated heterocycles. The maximum atomic E-state index is 12.2. The first kappa shape index (κ1) is 19.0. The molecule has 142 valence electrons. The first-order valence-electron chi connectivity index (χ1n) is 8.59. The lowest BCUT2D eigenvalue weighted by molar-refractivity contribution is -0.119. The molecule has 1 aliphatic carbocycles. The lowest BCUT2D eigenvalue weighted by Gasteiger charge is -2.18. The number of carbonyl (C=O) groups is 3. The van der Waals surface area contributed by atoms with E-state index < -0.39 is 24.5 Å². The lowest BCUT2D eigenvalue weighted by atomic mass is 9.88. The van der Waals surface area contributed by atoms with Crippen LogP contribution in [0.1, 0.15) is 44.5 Å². The summed E-state index contributed by atoms with van der Waals surface area (Å²) in [6, 6.07) is 3.01. The normalized spacial score (nSPS) is 15.6. The third-order valence-electron chi connectivity index (χ3n) is 4.40. The molecule has 8 heteroatoms. The molecule has 0 radical (unpaired) electrons. The number of fused-ring (bicyclic) bond motifs is 1. The van der Waals surface area contributed by atoms with E-state index in [0.717, 1.165) is 29.7 Å². The summed E-state index contributed by atoms with van der Waals surface area (Å²) in [6.45, 7) is 1.72. The van der Waals surface area contributed by atoms with E-state index in [9.17, 15) is 14.4 Å². The second kappa shape index (κ2) is 8.30. The van der Waals surface area contributed by atoms with E-state index in [1.165, 1.54) is 43.0 Å². The van der Waals surface area contributed by atoms with Crippen LogP contribution in [0.4, 0.5) is 5.00 Å². The van der Waals surface area contributed by atoms with Crippen molar-refractivity contribution in [1.82, 2.24) is 4.98 Å². The largest absolute Gasteiger partial charge is 0.465 e. The highest BCUT2D eigenvalue weighted by molar-refractivity contribution is 7.17. The van der Waals surface area contributed by atoms with Crippen molar-refractivity contribution in [1.29, 1.82) is 0 Å². The molecule has 7 nitrogen and oxygen atoms in total. The fourth-order valence-corrected chi connectivity index (χ4v) is 4.44. The molecule has 0 aromatic carbocycles. The Kier molecular flexibility index (Phi) is 5.85. The topological polar surface area (TPSA) is 94.6 Å². The van der Waals surface area contributed by atoms with E-state index in [0.29, 0.717) is 22.0 Å². The number of rotatable bonds is 5. The van der Waals surface area contributed by atoms with Crippen molar-refractivity contribution < 1.29 is 23.9 Å². The lowest BCUT2D eigenvalue weighted by Crippen LogP contribution is -2.22. The van der Waals surface area contributed by atoms with Gasteiger partial charge < -0.3 is 14.8 Å². The number of ether oxygens (including phenoxy) is 2. The van der Waals surface area contributed by atoms with E-state index in [1.54, 1.807) is 0 Å². The van der Waals surface area contributed by atoms with E-state index in [4.69, 9.17) is 9.47 Å². The number of carbonyl (C=O) groups excluding carboxylic acids is 3. The molecule has 0 aliphatic heterocycles. The summed E-state index contributed by atoms with van der Waals surface area (Å²) in [5.74, 6) is -1.05. The van der Waals surface area contributed by atoms with Crippen molar-refractivity contribution in [3.05, 3.63) is 46.1 Å². The number of esters is 2. The number of aromatic nitrogens is 1. The predicted molar refractivity (Wildman–Crippen MR) is 100.0 cm³/mol. The fraction of sp³-hybridized carbons (Fsp3) is 0.368. The van der Waals surface area contributed by atoms with Gasteiger partial charge in [-0.15, -0.1) is 11.3 Å². The van der Waals surface area contributed by atoms with Crippen LogP contribution in [-0.4, -0.2) is 36.5 Å². The van der Waals surface area contributed by atoms with Gasteiger partial charge in [0.25, 0.3) is 5.91 Å². The van der Waals surface area contributed by atoms with Gasteiger partial charge in [-0.2, -0.15) is 0 Å². The highest BCUT2D eigenvalue weighted by Crippen LogP contribution is 2.39. The van der Waals surface area contributed by atoms with Gasteiger partial charge in [-0.05, 0) is 42.9 Å². The first-order valence-corrected chi connectivity index (χ1v) is 9.41. The summed E-state index contributed by atoms with van der Waals surface area (Å²) in [4.78, 5) is 41.3. The maximum absolute atomic E-state index is 12.2. The third-order valence-corrected chi connectivity index (χ3v) is 5.57. The van der Waals surface area contributed by atoms with Gasteiger partial charge in [0.15, 0.2) is 6.61 Å². The maximum Gasteiger partial charge on any atom is 0.341 e. The molecule has 1 unspecified atom stereocenters. The zero-order valence-electron chi connectivity index (χ0n) is 15.1. The highest BCUT2D eigenvalue weighted by atomic mass is 32.1. The van der Waals surface area contributed by atoms with Gasteiger partial charge in [0, 0.05) is 17.3 Å². The van der Waals surface area contributed by atoms with Crippen molar-refractivity contribution in [2.75, 3.05) is 19.0 Å². The van der Waals surface area contributed by atoms with Gasteiger partial charge in [-0.25, -0.2) is 9.59 Å². The molecule has 2 aromatic heterocycles. The minimum absolute atomic E-state index is 0.314. The van der Waals surface area contributed by atoms with Gasteiger partial charge >= 0.3 is 11.9 Å². The van der Waals surface area contributed by atoms with E-state index in [1.807, 2.05) is 0 Å². The number of hydrogen-bond acceptors (Lipinski definition) is 7. The summed E-state index contributed by atoms with van der Waals surface area (Å²) in [5.41, 5.74) is 1.68. The Morgan fingerprint density at radius 3 is 2.70 bits per heavy atom. The molecule has 1 atom stereocenters. The van der Waals surface area contributed by atoms with Crippen LogP contribution in [0.15, 0.2) is 24.5 Å². The SMILES string of the molecule is COC(=O)c1c(NC(=O)COC(=O)c2ccncc2)sc2c1CCC(C)C2. The minimum Gasteiger partial charge on any atom is -0.465 e. The predicted octanol–water partition coefficient (Wildman–Crippen LogP) is 2.85. The number of hydrogen-bond donors (Lipinski definition) is 1. The van der Waals surface area contributed by atoms with Crippen molar-refractivity contribution in [2.45, 2.75) is 26.2 Å². The summed E-state index contributed by atoms with van der Waals surface area (Å²) < 4.78 is 9.91. The van der Waals surface area contributed by atoms with Gasteiger partial charge in [0.05, 0.1) is 18.2 Å². The summed E-state index contributed by atoms with van der Waals surface area (Å²) in [5, 5.41) is 3.14. The molecular weight excluding hydrogens is 368 g/mol. The average molecular weight is 388 g/mol. The first-order chi connectivity index (χ1) is 13.0. The fourth-order valence-electron chi connectivity index (χ4n) is 3.02. The van der Waals surface area contributed by atoms with Crippen LogP contribution in [-0.2, 0) is 27.1 Å². The number of nitrogens with zero attached hydrogens (tertiary/aromatic N) is 1. The summed E-state index contributed by atoms with van der Waals surface area (Å²) in [6.07, 6.45) is 5.58. The highest BCUT2D eigenvalue weighted by Gasteiger charge is 2.29. The Bertz CT molecular complexity index is 862. The van der Waals surface area contributed by atoms with Gasteiger partial charge in [-0.3, -0.25) is 9.78 Å². The number of nitrogens with one attached hydrogen (secondary N) is 1. The van der Waals surface area contributed by atoms with Crippen molar-refractivity contribution in [3.8, 4) is 0 Å². The molecule has 2 heterocycles. The molecule has 1 amide bonds. The van der Waals surface area contributed by atoms with Crippen LogP contribution >= 0.6 is 11.3 Å². The molecule has 1 aliphatic rings. The Labute approximate surface area is 160 Å². The second-order valence-corrected chi connectivity index (χ2v) is 7.51. The summed E-state index contributed by atoms with van der Waals surface area (Å²) in [7, 11) is 1.32. The van der Waals surface area contributed by atoms with Crippen LogP contribution < -0.4 is 5.32 Å². The summed E-state index contributed by atoms with van der Waals surface area (Å²) >= 11 is 1.39. The molecule has 0 saturated carbocycles. The zero-order chi connectivity index (χ0) is 19.4. The van der Waals surface area contributed by atoms with Crippen molar-refractivity contribution in [3.63, 3.8) is 0 Å². The molecule has 0 fully saturated rings. The second-order valence-electron chi connectivity index (χ2n) is 6.41. The quantitative estimate of drug-likeness (QED) is 0.792. The van der Waals surface area contributed by atoms with Crippen LogP contribution in [0.3, 0.4) is 0 Å². The zero-order valence-corrected chi connectivity index (χ0v) is 15.9. The van der Waals surface area contributed by atoms with Gasteiger partial charge in [-0.1, -0.05) is 6.92 Å². The molecule has 0 spiro atoms. The number of pyridine rings is 1. The number of thiophene rings is 1. The molecular formula is C19H20N2O5S. The number of methoxy groups -OCH3 is 1. The van der Waals surface area contributed by atoms with Crippen molar-refractivity contribution >= 4 is 34.2 Å². The third kappa shape index (κ3) is 4.33. The molecule has 3 rings (SSSR count). The monoisotopic (exact) mass is 388 g/mol. The van der Waals surface area contributed by atoms with Crippen molar-refractivity contribution in [2.24, 2.45) is 5.92 Å². The molecule has 27 heavy (non-hydrogen) atoms. The Balaban J connectivity index is 1.70. The number of anilines is 1. The molecule has 1 N–H and O–H groups in total. The van der Waals surface area contributed by atoms with E-state index in [-0.39, 0.29) is 0 Å². The van der Waals surface area contributed by atoms with Crippen LogP contribution in [0, 0.1) is 5.92 Å². The molecule has 2 aromatic rings. The van der Waals surface area contributed by atoms with Crippen LogP contribution in [0.5, 0.6) is 0 Å². The van der Waals surface area contributed by atoms with Gasteiger partial charge in [0.2, 0.25) is 0 Å². The number of amides is 1. The van der Waals surface area contributed by atoms with Crippen LogP contribution in [0.25, 0.3) is 0 Å². The van der Waals surface area contributed by atoms with E-state index in [2.05, 4.69) is 17.2 Å². The smallest absolute Gasteiger partial charge is 0.341 e. The Morgan fingerprint density at radius 1 is 1.26 bits per heavy atom.